The monoisotopic (exact) mass is 281 g/mol. The first-order valence-corrected chi connectivity index (χ1v) is 6.62. The summed E-state index contributed by atoms with van der Waals surface area (Å²) in [6, 6.07) is 0. The molecule has 0 fully saturated rings. The molecule has 2 N–H and O–H groups in total. The minimum Gasteiger partial charge on any atom is -0.360 e. The first-order chi connectivity index (χ1) is 9.10. The molecular weight excluding hydrogens is 266 g/mol. The fourth-order valence-electron chi connectivity index (χ4n) is 1.44. The quantitative estimate of drug-likeness (QED) is 0.835. The lowest BCUT2D eigenvalue weighted by atomic mass is 10.5. The molecule has 0 saturated carbocycles. The van der Waals surface area contributed by atoms with Crippen molar-refractivity contribution in [3.05, 3.63) is 16.7 Å². The molecule has 102 valence electrons. The van der Waals surface area contributed by atoms with Crippen LogP contribution in [-0.4, -0.2) is 49.8 Å². The third-order valence-corrected chi connectivity index (χ3v) is 3.17. The van der Waals surface area contributed by atoms with E-state index in [1.807, 2.05) is 13.8 Å². The Morgan fingerprint density at radius 2 is 2.26 bits per heavy atom. The maximum Gasteiger partial charge on any atom is 0.285 e. The molecule has 0 unspecified atom stereocenters. The van der Waals surface area contributed by atoms with Crippen LogP contribution in [0.1, 0.15) is 28.4 Å². The number of carbonyl (C=O) groups is 1. The molecule has 0 aliphatic rings. The average Bonchev–Trinajstić information content (AvgIpc) is 2.98. The highest BCUT2D eigenvalue weighted by molar-refractivity contribution is 7.17. The Labute approximate surface area is 114 Å². The molecule has 8 nitrogen and oxygen atoms in total. The predicted molar refractivity (Wildman–Crippen MR) is 71.0 cm³/mol. The van der Waals surface area contributed by atoms with Gasteiger partial charge in [0.05, 0.1) is 6.54 Å². The molecular formula is C10H15N7OS. The van der Waals surface area contributed by atoms with Gasteiger partial charge in [-0.1, -0.05) is 11.3 Å². The van der Waals surface area contributed by atoms with Crippen molar-refractivity contribution in [3.8, 4) is 0 Å². The molecule has 2 rings (SSSR count). The molecule has 0 radical (unpaired) electrons. The van der Waals surface area contributed by atoms with E-state index in [2.05, 4.69) is 30.7 Å². The van der Waals surface area contributed by atoms with Gasteiger partial charge in [-0.2, -0.15) is 5.10 Å². The summed E-state index contributed by atoms with van der Waals surface area (Å²) in [5, 5.41) is 18.5. The fraction of sp³-hybridized carbons (Fsp3) is 0.500. The lowest BCUT2D eigenvalue weighted by molar-refractivity contribution is 0.0780. The lowest BCUT2D eigenvalue weighted by Crippen LogP contribution is -2.26. The molecule has 0 aromatic carbocycles. The van der Waals surface area contributed by atoms with Crippen molar-refractivity contribution in [2.24, 2.45) is 0 Å². The van der Waals surface area contributed by atoms with Crippen LogP contribution in [0.25, 0.3) is 0 Å². The van der Waals surface area contributed by atoms with E-state index in [-0.39, 0.29) is 5.91 Å². The fourth-order valence-corrected chi connectivity index (χ4v) is 2.25. The highest BCUT2D eigenvalue weighted by Crippen LogP contribution is 2.16. The number of rotatable bonds is 5. The van der Waals surface area contributed by atoms with Crippen molar-refractivity contribution in [2.45, 2.75) is 20.4 Å². The highest BCUT2D eigenvalue weighted by atomic mass is 32.1. The van der Waals surface area contributed by atoms with Crippen LogP contribution in [0.15, 0.2) is 0 Å². The van der Waals surface area contributed by atoms with Crippen LogP contribution >= 0.6 is 11.3 Å². The number of aromatic amines is 1. The van der Waals surface area contributed by atoms with Gasteiger partial charge < -0.3 is 10.2 Å². The molecule has 0 aliphatic carbocycles. The van der Waals surface area contributed by atoms with E-state index in [0.29, 0.717) is 22.5 Å². The normalized spacial score (nSPS) is 10.5. The van der Waals surface area contributed by atoms with Gasteiger partial charge in [-0.25, -0.2) is 4.98 Å². The number of nitrogens with one attached hydrogen (secondary N) is 2. The minimum absolute atomic E-state index is 0.191. The van der Waals surface area contributed by atoms with Gasteiger partial charge in [0.15, 0.2) is 5.82 Å². The van der Waals surface area contributed by atoms with Crippen LogP contribution in [0.5, 0.6) is 0 Å². The third kappa shape index (κ3) is 3.25. The first-order valence-electron chi connectivity index (χ1n) is 5.81. The molecule has 0 aliphatic heterocycles. The minimum atomic E-state index is -0.191. The number of hydrogen-bond acceptors (Lipinski definition) is 7. The van der Waals surface area contributed by atoms with E-state index in [9.17, 15) is 4.79 Å². The summed E-state index contributed by atoms with van der Waals surface area (Å²) in [6.45, 7) is 4.85. The van der Waals surface area contributed by atoms with Crippen molar-refractivity contribution < 1.29 is 4.79 Å². The number of amides is 1. The highest BCUT2D eigenvalue weighted by Gasteiger charge is 2.18. The molecule has 19 heavy (non-hydrogen) atoms. The van der Waals surface area contributed by atoms with Crippen LogP contribution in [0.4, 0.5) is 5.13 Å². The number of nitrogens with zero attached hydrogens (tertiary/aromatic N) is 5. The van der Waals surface area contributed by atoms with Gasteiger partial charge >= 0.3 is 0 Å². The third-order valence-electron chi connectivity index (χ3n) is 2.30. The van der Waals surface area contributed by atoms with E-state index in [0.717, 1.165) is 12.4 Å². The second-order valence-corrected chi connectivity index (χ2v) is 4.92. The summed E-state index contributed by atoms with van der Waals surface area (Å²) in [5.41, 5.74) is 0. The number of aryl methyl sites for hydroxylation is 1. The van der Waals surface area contributed by atoms with Crippen LogP contribution in [0, 0.1) is 6.92 Å². The smallest absolute Gasteiger partial charge is 0.285 e. The zero-order valence-corrected chi connectivity index (χ0v) is 11.8. The Morgan fingerprint density at radius 1 is 1.47 bits per heavy atom. The molecule has 0 spiro atoms. The Kier molecular flexibility index (Phi) is 4.05. The molecule has 0 bridgehead atoms. The summed E-state index contributed by atoms with van der Waals surface area (Å²) in [5.74, 6) is 1.11. The van der Waals surface area contributed by atoms with Crippen LogP contribution < -0.4 is 5.32 Å². The summed E-state index contributed by atoms with van der Waals surface area (Å²) in [7, 11) is 1.68. The average molecular weight is 281 g/mol. The van der Waals surface area contributed by atoms with Gasteiger partial charge in [0.2, 0.25) is 10.1 Å². The van der Waals surface area contributed by atoms with Gasteiger partial charge in [-0.3, -0.25) is 9.89 Å². The maximum atomic E-state index is 12.1. The summed E-state index contributed by atoms with van der Waals surface area (Å²) < 4.78 is 0. The molecule has 0 atom stereocenters. The van der Waals surface area contributed by atoms with Gasteiger partial charge in [0.1, 0.15) is 5.82 Å². The number of anilines is 1. The van der Waals surface area contributed by atoms with Gasteiger partial charge in [0, 0.05) is 13.6 Å². The Morgan fingerprint density at radius 3 is 2.89 bits per heavy atom. The standard InChI is InChI=1S/C10H15N7OS/c1-4-11-10-16-15-8(19-10)9(18)17(3)5-7-12-6(2)13-14-7/h4-5H2,1-3H3,(H,11,16)(H,12,13,14). The molecule has 9 heteroatoms. The van der Waals surface area contributed by atoms with E-state index >= 15 is 0 Å². The Bertz CT molecular complexity index is 564. The zero-order chi connectivity index (χ0) is 13.8. The largest absolute Gasteiger partial charge is 0.360 e. The van der Waals surface area contributed by atoms with Crippen molar-refractivity contribution >= 4 is 22.4 Å². The van der Waals surface area contributed by atoms with E-state index in [1.54, 1.807) is 7.05 Å². The van der Waals surface area contributed by atoms with E-state index in [4.69, 9.17) is 0 Å². The van der Waals surface area contributed by atoms with Crippen molar-refractivity contribution in [1.29, 1.82) is 0 Å². The van der Waals surface area contributed by atoms with Crippen LogP contribution in [-0.2, 0) is 6.54 Å². The summed E-state index contributed by atoms with van der Waals surface area (Å²) in [6.07, 6.45) is 0. The molecule has 1 amide bonds. The predicted octanol–water partition coefficient (Wildman–Crippen LogP) is 0.669. The topological polar surface area (TPSA) is 99.7 Å². The van der Waals surface area contributed by atoms with Gasteiger partial charge in [-0.15, -0.1) is 10.2 Å². The zero-order valence-electron chi connectivity index (χ0n) is 11.0. The Balaban J connectivity index is 2.01. The SMILES string of the molecule is CCNc1nnc(C(=O)N(C)Cc2n[nH]c(C)n2)s1. The van der Waals surface area contributed by atoms with E-state index in [1.165, 1.54) is 16.2 Å². The van der Waals surface area contributed by atoms with Gasteiger partial charge in [0.25, 0.3) is 5.91 Å². The molecule has 2 heterocycles. The van der Waals surface area contributed by atoms with Crippen molar-refractivity contribution in [1.82, 2.24) is 30.3 Å². The number of carbonyl (C=O) groups excluding carboxylic acids is 1. The summed E-state index contributed by atoms with van der Waals surface area (Å²) in [4.78, 5) is 17.8. The molecule has 2 aromatic heterocycles. The van der Waals surface area contributed by atoms with E-state index < -0.39 is 0 Å². The van der Waals surface area contributed by atoms with Crippen molar-refractivity contribution in [3.63, 3.8) is 0 Å². The van der Waals surface area contributed by atoms with Crippen LogP contribution in [0.2, 0.25) is 0 Å². The first kappa shape index (κ1) is 13.4. The summed E-state index contributed by atoms with van der Waals surface area (Å²) >= 11 is 1.24. The lowest BCUT2D eigenvalue weighted by Gasteiger charge is -2.12. The van der Waals surface area contributed by atoms with Crippen molar-refractivity contribution in [2.75, 3.05) is 18.9 Å². The van der Waals surface area contributed by atoms with Gasteiger partial charge in [-0.05, 0) is 13.8 Å². The second kappa shape index (κ2) is 5.74. The Hall–Kier alpha value is -2.03. The number of H-pyrrole nitrogens is 1. The maximum absolute atomic E-state index is 12.1. The molecule has 0 saturated heterocycles. The second-order valence-electron chi connectivity index (χ2n) is 3.94. The molecule has 2 aromatic rings. The number of hydrogen-bond donors (Lipinski definition) is 2. The number of aromatic nitrogens is 5. The van der Waals surface area contributed by atoms with Crippen LogP contribution in [0.3, 0.4) is 0 Å².